The minimum absolute atomic E-state index is 0.144. The fourth-order valence-corrected chi connectivity index (χ4v) is 3.75. The maximum Gasteiger partial charge on any atom is 0.259 e. The fraction of sp³-hybridized carbons (Fsp3) is 0.217. The fourth-order valence-electron chi connectivity index (χ4n) is 3.75. The van der Waals surface area contributed by atoms with E-state index in [4.69, 9.17) is 5.73 Å². The summed E-state index contributed by atoms with van der Waals surface area (Å²) in [6, 6.07) is 14.6. The van der Waals surface area contributed by atoms with Crippen LogP contribution in [0, 0.1) is 11.7 Å². The van der Waals surface area contributed by atoms with E-state index < -0.39 is 11.7 Å². The molecule has 3 aromatic rings. The number of anilines is 1. The van der Waals surface area contributed by atoms with Crippen molar-refractivity contribution in [2.24, 2.45) is 11.7 Å². The van der Waals surface area contributed by atoms with E-state index in [1.807, 2.05) is 6.07 Å². The maximum atomic E-state index is 14.1. The lowest BCUT2D eigenvalue weighted by molar-refractivity contribution is -0.123. The Kier molecular flexibility index (Phi) is 5.98. The second-order valence-corrected chi connectivity index (χ2v) is 7.56. The van der Waals surface area contributed by atoms with Crippen molar-refractivity contribution in [3.8, 4) is 5.69 Å². The highest BCUT2D eigenvalue weighted by Crippen LogP contribution is 2.25. The number of rotatable bonds is 5. The van der Waals surface area contributed by atoms with Gasteiger partial charge in [0.05, 0.1) is 17.4 Å². The summed E-state index contributed by atoms with van der Waals surface area (Å²) in [5.74, 6) is -2.18. The number of hydrogen-bond acceptors (Lipinski definition) is 4. The van der Waals surface area contributed by atoms with Gasteiger partial charge in [-0.05, 0) is 37.1 Å². The molecule has 1 aliphatic rings. The van der Waals surface area contributed by atoms with E-state index in [0.717, 1.165) is 0 Å². The first-order valence-electron chi connectivity index (χ1n) is 10.2. The van der Waals surface area contributed by atoms with Gasteiger partial charge in [-0.1, -0.05) is 30.3 Å². The number of nitrogens with zero attached hydrogens (tertiary/aromatic N) is 3. The molecule has 8 nitrogen and oxygen atoms in total. The predicted molar refractivity (Wildman–Crippen MR) is 116 cm³/mol. The van der Waals surface area contributed by atoms with Crippen LogP contribution in [0.15, 0.2) is 60.8 Å². The van der Waals surface area contributed by atoms with Crippen molar-refractivity contribution in [3.63, 3.8) is 0 Å². The molecule has 1 fully saturated rings. The lowest BCUT2D eigenvalue weighted by Crippen LogP contribution is -2.41. The van der Waals surface area contributed by atoms with Crippen LogP contribution in [0.1, 0.15) is 33.6 Å². The zero-order chi connectivity index (χ0) is 22.7. The van der Waals surface area contributed by atoms with Gasteiger partial charge in [0.25, 0.3) is 11.8 Å². The van der Waals surface area contributed by atoms with E-state index in [1.54, 1.807) is 35.2 Å². The SMILES string of the molecule is NC(=O)C1CCN(C(=O)c2cnn(-c3ccccc3)c2NC(=O)c2ccccc2F)CC1. The number of hydrogen-bond donors (Lipinski definition) is 2. The van der Waals surface area contributed by atoms with Gasteiger partial charge >= 0.3 is 0 Å². The first-order chi connectivity index (χ1) is 15.5. The van der Waals surface area contributed by atoms with Crippen molar-refractivity contribution in [3.05, 3.63) is 77.7 Å². The van der Waals surface area contributed by atoms with Gasteiger partial charge in [0.15, 0.2) is 0 Å². The minimum atomic E-state index is -0.692. The highest BCUT2D eigenvalue weighted by molar-refractivity contribution is 6.08. The number of halogens is 1. The van der Waals surface area contributed by atoms with Gasteiger partial charge < -0.3 is 16.0 Å². The lowest BCUT2D eigenvalue weighted by atomic mass is 9.96. The zero-order valence-corrected chi connectivity index (χ0v) is 17.2. The first-order valence-corrected chi connectivity index (χ1v) is 10.2. The number of primary amides is 1. The molecule has 1 aliphatic heterocycles. The Bertz CT molecular complexity index is 1150. The summed E-state index contributed by atoms with van der Waals surface area (Å²) < 4.78 is 15.6. The van der Waals surface area contributed by atoms with E-state index in [1.165, 1.54) is 29.1 Å². The summed E-state index contributed by atoms with van der Waals surface area (Å²) >= 11 is 0. The zero-order valence-electron chi connectivity index (χ0n) is 17.2. The van der Waals surface area contributed by atoms with Gasteiger partial charge in [-0.25, -0.2) is 9.07 Å². The second kappa shape index (κ2) is 9.01. The smallest absolute Gasteiger partial charge is 0.259 e. The molecule has 1 aromatic heterocycles. The molecule has 2 heterocycles. The van der Waals surface area contributed by atoms with Crippen LogP contribution in [-0.2, 0) is 4.79 Å². The van der Waals surface area contributed by atoms with E-state index in [9.17, 15) is 18.8 Å². The van der Waals surface area contributed by atoms with Gasteiger partial charge in [0, 0.05) is 19.0 Å². The average Bonchev–Trinajstić information content (AvgIpc) is 3.22. The number of aromatic nitrogens is 2. The summed E-state index contributed by atoms with van der Waals surface area (Å²) in [5, 5.41) is 6.96. The molecule has 0 radical (unpaired) electrons. The number of nitrogens with two attached hydrogens (primary N) is 1. The highest BCUT2D eigenvalue weighted by Gasteiger charge is 2.30. The summed E-state index contributed by atoms with van der Waals surface area (Å²) in [7, 11) is 0. The maximum absolute atomic E-state index is 14.1. The summed E-state index contributed by atoms with van der Waals surface area (Å²) in [4.78, 5) is 39.1. The van der Waals surface area contributed by atoms with Crippen molar-refractivity contribution >= 4 is 23.5 Å². The average molecular weight is 435 g/mol. The van der Waals surface area contributed by atoms with Crippen LogP contribution in [0.2, 0.25) is 0 Å². The van der Waals surface area contributed by atoms with Gasteiger partial charge in [0.2, 0.25) is 5.91 Å². The van der Waals surface area contributed by atoms with E-state index >= 15 is 0 Å². The van der Waals surface area contributed by atoms with Crippen molar-refractivity contribution in [1.29, 1.82) is 0 Å². The molecule has 0 unspecified atom stereocenters. The number of piperidine rings is 1. The van der Waals surface area contributed by atoms with Crippen LogP contribution in [0.25, 0.3) is 5.69 Å². The molecule has 164 valence electrons. The molecule has 1 saturated heterocycles. The van der Waals surface area contributed by atoms with Crippen LogP contribution in [0.5, 0.6) is 0 Å². The Morgan fingerprint density at radius 2 is 1.62 bits per heavy atom. The molecule has 2 aromatic carbocycles. The predicted octanol–water partition coefficient (Wildman–Crippen LogP) is 2.60. The molecular weight excluding hydrogens is 413 g/mol. The number of carbonyl (C=O) groups excluding carboxylic acids is 3. The van der Waals surface area contributed by atoms with Crippen molar-refractivity contribution < 1.29 is 18.8 Å². The summed E-state index contributed by atoms with van der Waals surface area (Å²) in [5.41, 5.74) is 6.04. The Morgan fingerprint density at radius 3 is 2.28 bits per heavy atom. The molecule has 32 heavy (non-hydrogen) atoms. The van der Waals surface area contributed by atoms with Crippen molar-refractivity contribution in [2.75, 3.05) is 18.4 Å². The van der Waals surface area contributed by atoms with Crippen LogP contribution >= 0.6 is 0 Å². The van der Waals surface area contributed by atoms with Crippen molar-refractivity contribution in [2.45, 2.75) is 12.8 Å². The Hall–Kier alpha value is -4.01. The molecule has 4 rings (SSSR count). The molecular formula is C23H22FN5O3. The Labute approximate surface area is 183 Å². The van der Waals surface area contributed by atoms with Gasteiger partial charge in [-0.15, -0.1) is 0 Å². The van der Waals surface area contributed by atoms with Gasteiger partial charge in [0.1, 0.15) is 17.2 Å². The number of likely N-dealkylation sites (tertiary alicyclic amines) is 1. The third-order valence-electron chi connectivity index (χ3n) is 5.54. The number of carbonyl (C=O) groups is 3. The van der Waals surface area contributed by atoms with Gasteiger partial charge in [-0.3, -0.25) is 14.4 Å². The number of nitrogens with one attached hydrogen (secondary N) is 1. The molecule has 0 atom stereocenters. The molecule has 3 N–H and O–H groups in total. The molecule has 9 heteroatoms. The highest BCUT2D eigenvalue weighted by atomic mass is 19.1. The molecule has 0 bridgehead atoms. The number of para-hydroxylation sites is 1. The molecule has 0 spiro atoms. The third-order valence-corrected chi connectivity index (χ3v) is 5.54. The normalized spacial score (nSPS) is 14.2. The first kappa shape index (κ1) is 21.2. The number of benzene rings is 2. The quantitative estimate of drug-likeness (QED) is 0.642. The lowest BCUT2D eigenvalue weighted by Gasteiger charge is -2.30. The van der Waals surface area contributed by atoms with Gasteiger partial charge in [-0.2, -0.15) is 5.10 Å². The Balaban J connectivity index is 1.66. The standard InChI is InChI=1S/C23H22FN5O3/c24-19-9-5-4-8-17(19)22(31)27-21-18(14-26-29(21)16-6-2-1-3-7-16)23(32)28-12-10-15(11-13-28)20(25)30/h1-9,14-15H,10-13H2,(H2,25,30)(H,27,31). The van der Waals surface area contributed by atoms with Crippen LogP contribution < -0.4 is 11.1 Å². The van der Waals surface area contributed by atoms with E-state index in [0.29, 0.717) is 31.6 Å². The monoisotopic (exact) mass is 435 g/mol. The topological polar surface area (TPSA) is 110 Å². The van der Waals surface area contributed by atoms with Crippen LogP contribution in [0.4, 0.5) is 10.2 Å². The van der Waals surface area contributed by atoms with Crippen molar-refractivity contribution in [1.82, 2.24) is 14.7 Å². The Morgan fingerprint density at radius 1 is 0.969 bits per heavy atom. The van der Waals surface area contributed by atoms with Crippen LogP contribution in [0.3, 0.4) is 0 Å². The number of amides is 3. The second-order valence-electron chi connectivity index (χ2n) is 7.56. The molecule has 3 amide bonds. The minimum Gasteiger partial charge on any atom is -0.369 e. The summed E-state index contributed by atoms with van der Waals surface area (Å²) in [6.07, 6.45) is 2.34. The van der Waals surface area contributed by atoms with E-state index in [-0.39, 0.29) is 34.7 Å². The molecule has 0 saturated carbocycles. The molecule has 0 aliphatic carbocycles. The van der Waals surface area contributed by atoms with Crippen LogP contribution in [-0.4, -0.2) is 45.5 Å². The van der Waals surface area contributed by atoms with E-state index in [2.05, 4.69) is 10.4 Å². The largest absolute Gasteiger partial charge is 0.369 e. The summed E-state index contributed by atoms with van der Waals surface area (Å²) in [6.45, 7) is 0.729. The third kappa shape index (κ3) is 4.22.